The molecule has 11 heteroatoms. The largest absolute Gasteiger partial charge is 0.416 e. The zero-order valence-electron chi connectivity index (χ0n) is 21.8. The molecule has 0 unspecified atom stereocenters. The van der Waals surface area contributed by atoms with Crippen LogP contribution in [0.25, 0.3) is 0 Å². The fourth-order valence-electron chi connectivity index (χ4n) is 4.88. The van der Waals surface area contributed by atoms with Crippen molar-refractivity contribution in [2.45, 2.75) is 38.5 Å². The predicted octanol–water partition coefficient (Wildman–Crippen LogP) is 6.30. The summed E-state index contributed by atoms with van der Waals surface area (Å²) in [5, 5.41) is 0. The Kier molecular flexibility index (Phi) is 7.61. The summed E-state index contributed by atoms with van der Waals surface area (Å²) in [6, 6.07) is 14.5. The van der Waals surface area contributed by atoms with Crippen molar-refractivity contribution in [1.82, 2.24) is 14.5 Å². The second kappa shape index (κ2) is 11.1. The molecule has 41 heavy (non-hydrogen) atoms. The summed E-state index contributed by atoms with van der Waals surface area (Å²) < 4.78 is 72.8. The number of alkyl halides is 3. The second-order valence-electron chi connectivity index (χ2n) is 9.55. The molecule has 1 aliphatic heterocycles. The van der Waals surface area contributed by atoms with E-state index in [-0.39, 0.29) is 30.8 Å². The average Bonchev–Trinajstić information content (AvgIpc) is 2.95. The molecule has 4 aromatic rings. The Morgan fingerprint density at radius 2 is 1.49 bits per heavy atom. The van der Waals surface area contributed by atoms with Gasteiger partial charge in [-0.2, -0.15) is 13.2 Å². The molecule has 5 rings (SSSR count). The summed E-state index contributed by atoms with van der Waals surface area (Å²) >= 11 is 0. The van der Waals surface area contributed by atoms with Crippen molar-refractivity contribution in [2.24, 2.45) is 0 Å². The lowest BCUT2D eigenvalue weighted by Gasteiger charge is -2.30. The van der Waals surface area contributed by atoms with E-state index >= 15 is 0 Å². The molecule has 0 N–H and O–H groups in total. The van der Waals surface area contributed by atoms with Crippen molar-refractivity contribution in [3.8, 4) is 5.75 Å². The van der Waals surface area contributed by atoms with E-state index in [0.717, 1.165) is 24.3 Å². The topological polar surface area (TPSA) is 64.4 Å². The Morgan fingerprint density at radius 3 is 2.00 bits per heavy atom. The number of carbonyl (C=O) groups excluding carboxylic acids is 1. The van der Waals surface area contributed by atoms with E-state index in [1.165, 1.54) is 33.7 Å². The molecular formula is C30H24F5N3O3. The van der Waals surface area contributed by atoms with Crippen LogP contribution in [-0.4, -0.2) is 27.1 Å². The van der Waals surface area contributed by atoms with Gasteiger partial charge >= 0.3 is 12.3 Å². The van der Waals surface area contributed by atoms with Gasteiger partial charge in [-0.3, -0.25) is 9.36 Å². The molecule has 0 saturated heterocycles. The van der Waals surface area contributed by atoms with Crippen LogP contribution in [0.15, 0.2) is 77.6 Å². The highest BCUT2D eigenvalue weighted by Gasteiger charge is 2.32. The minimum atomic E-state index is -4.51. The fourth-order valence-corrected chi connectivity index (χ4v) is 4.88. The minimum Gasteiger partial charge on any atom is -0.410 e. The van der Waals surface area contributed by atoms with Gasteiger partial charge in [-0.1, -0.05) is 31.2 Å². The van der Waals surface area contributed by atoms with E-state index in [1.54, 1.807) is 24.3 Å². The normalized spacial score (nSPS) is 13.3. The average molecular weight is 570 g/mol. The molecule has 3 aromatic carbocycles. The molecule has 6 nitrogen and oxygen atoms in total. The van der Waals surface area contributed by atoms with Gasteiger partial charge in [0.25, 0.3) is 5.56 Å². The summed E-state index contributed by atoms with van der Waals surface area (Å²) in [5.74, 6) is -0.527. The Labute approximate surface area is 231 Å². The first-order valence-electron chi connectivity index (χ1n) is 12.8. The van der Waals surface area contributed by atoms with Crippen LogP contribution < -0.4 is 10.3 Å². The Morgan fingerprint density at radius 1 is 0.927 bits per heavy atom. The molecule has 0 radical (unpaired) electrons. The van der Waals surface area contributed by atoms with Gasteiger partial charge in [0.15, 0.2) is 0 Å². The first kappa shape index (κ1) is 28.0. The lowest BCUT2D eigenvalue weighted by atomic mass is 9.97. The standard InChI is InChI=1S/C30H24F5N3O3/c1-2-26-36-25-17-37(29(40)41-23-13-7-20(8-14-23)30(33,34)35)16-15-24(25)28(39)38(26)27(18-3-9-21(31)10-4-18)19-5-11-22(32)12-6-19/h3-14,27H,2,15-17H2,1H3. The number of amides is 1. The maximum absolute atomic E-state index is 13.9. The van der Waals surface area contributed by atoms with E-state index in [0.29, 0.717) is 34.6 Å². The molecule has 0 atom stereocenters. The van der Waals surface area contributed by atoms with Crippen molar-refractivity contribution in [1.29, 1.82) is 0 Å². The van der Waals surface area contributed by atoms with E-state index in [9.17, 15) is 31.5 Å². The van der Waals surface area contributed by atoms with Crippen molar-refractivity contribution >= 4 is 6.09 Å². The fraction of sp³-hybridized carbons (Fsp3) is 0.233. The predicted molar refractivity (Wildman–Crippen MR) is 139 cm³/mol. The Balaban J connectivity index is 1.47. The number of ether oxygens (including phenoxy) is 1. The Bertz CT molecular complexity index is 1570. The van der Waals surface area contributed by atoms with Crippen LogP contribution in [0.2, 0.25) is 0 Å². The van der Waals surface area contributed by atoms with Gasteiger partial charge in [0, 0.05) is 18.5 Å². The van der Waals surface area contributed by atoms with Crippen LogP contribution in [0.3, 0.4) is 0 Å². The van der Waals surface area contributed by atoms with Crippen molar-refractivity contribution < 1.29 is 31.5 Å². The van der Waals surface area contributed by atoms with Crippen molar-refractivity contribution in [3.05, 3.63) is 129 Å². The van der Waals surface area contributed by atoms with E-state index in [1.807, 2.05) is 6.92 Å². The van der Waals surface area contributed by atoms with E-state index in [2.05, 4.69) is 0 Å². The SMILES string of the molecule is CCc1nc2c(c(=O)n1C(c1ccc(F)cc1)c1ccc(F)cc1)CCN(C(=O)Oc1ccc(C(F)(F)F)cc1)C2. The number of hydrogen-bond acceptors (Lipinski definition) is 4. The van der Waals surface area contributed by atoms with Gasteiger partial charge in [-0.15, -0.1) is 0 Å². The molecule has 0 fully saturated rings. The maximum Gasteiger partial charge on any atom is 0.416 e. The number of rotatable bonds is 5. The van der Waals surface area contributed by atoms with Crippen LogP contribution in [0, 0.1) is 11.6 Å². The second-order valence-corrected chi connectivity index (χ2v) is 9.55. The summed E-state index contributed by atoms with van der Waals surface area (Å²) in [6.07, 6.45) is -4.79. The minimum absolute atomic E-state index is 0.0321. The Hall–Kier alpha value is -4.54. The molecule has 0 saturated carbocycles. The highest BCUT2D eigenvalue weighted by atomic mass is 19.4. The highest BCUT2D eigenvalue weighted by molar-refractivity contribution is 5.71. The number of aromatic nitrogens is 2. The third-order valence-corrected chi connectivity index (χ3v) is 6.93. The van der Waals surface area contributed by atoms with Gasteiger partial charge in [-0.25, -0.2) is 18.6 Å². The van der Waals surface area contributed by atoms with Crippen LogP contribution in [0.4, 0.5) is 26.7 Å². The van der Waals surface area contributed by atoms with Crippen LogP contribution in [-0.2, 0) is 25.6 Å². The third kappa shape index (κ3) is 5.84. The van der Waals surface area contributed by atoms with Gasteiger partial charge < -0.3 is 9.64 Å². The molecule has 0 aliphatic carbocycles. The molecule has 1 amide bonds. The number of fused-ring (bicyclic) bond motifs is 1. The smallest absolute Gasteiger partial charge is 0.410 e. The highest BCUT2D eigenvalue weighted by Crippen LogP contribution is 2.31. The lowest BCUT2D eigenvalue weighted by Crippen LogP contribution is -2.43. The maximum atomic E-state index is 13.9. The lowest BCUT2D eigenvalue weighted by molar-refractivity contribution is -0.137. The number of hydrogen-bond donors (Lipinski definition) is 0. The first-order valence-corrected chi connectivity index (χ1v) is 12.8. The van der Waals surface area contributed by atoms with Crippen LogP contribution in [0.1, 0.15) is 46.7 Å². The van der Waals surface area contributed by atoms with Crippen molar-refractivity contribution in [2.75, 3.05) is 6.54 Å². The molecule has 1 aliphatic rings. The summed E-state index contributed by atoms with van der Waals surface area (Å²) in [4.78, 5) is 32.8. The zero-order chi connectivity index (χ0) is 29.3. The molecule has 212 valence electrons. The first-order chi connectivity index (χ1) is 19.5. The van der Waals surface area contributed by atoms with Gasteiger partial charge in [0.05, 0.1) is 23.8 Å². The number of nitrogens with zero attached hydrogens (tertiary/aromatic N) is 3. The molecule has 0 bridgehead atoms. The third-order valence-electron chi connectivity index (χ3n) is 6.93. The number of benzene rings is 3. The van der Waals surface area contributed by atoms with Gasteiger partial charge in [-0.05, 0) is 66.1 Å². The van der Waals surface area contributed by atoms with E-state index in [4.69, 9.17) is 9.72 Å². The number of carbonyl (C=O) groups is 1. The quantitative estimate of drug-likeness (QED) is 0.265. The van der Waals surface area contributed by atoms with Crippen molar-refractivity contribution in [3.63, 3.8) is 0 Å². The summed E-state index contributed by atoms with van der Waals surface area (Å²) in [6.45, 7) is 1.90. The number of halogens is 5. The summed E-state index contributed by atoms with van der Waals surface area (Å²) in [5.41, 5.74) is 0.798. The summed E-state index contributed by atoms with van der Waals surface area (Å²) in [7, 11) is 0. The molecular weight excluding hydrogens is 545 g/mol. The number of aryl methyl sites for hydroxylation is 1. The van der Waals surface area contributed by atoms with Crippen LogP contribution >= 0.6 is 0 Å². The van der Waals surface area contributed by atoms with E-state index < -0.39 is 35.5 Å². The molecule has 2 heterocycles. The monoisotopic (exact) mass is 569 g/mol. The zero-order valence-corrected chi connectivity index (χ0v) is 21.8. The molecule has 1 aromatic heterocycles. The van der Waals surface area contributed by atoms with Gasteiger partial charge in [0.2, 0.25) is 0 Å². The van der Waals surface area contributed by atoms with Gasteiger partial charge in [0.1, 0.15) is 23.2 Å². The van der Waals surface area contributed by atoms with Crippen LogP contribution in [0.5, 0.6) is 5.75 Å². The molecule has 0 spiro atoms.